The summed E-state index contributed by atoms with van der Waals surface area (Å²) in [4.78, 5) is 10.3. The molecule has 0 bridgehead atoms. The molecule has 0 aliphatic heterocycles. The Hall–Kier alpha value is -0.770. The molecule has 0 heterocycles. The number of nitrogens with one attached hydrogen (secondary N) is 1. The zero-order valence-corrected chi connectivity index (χ0v) is 10.3. The maximum Gasteiger partial charge on any atom is 0.304 e. The van der Waals surface area contributed by atoms with Crippen molar-refractivity contribution in [2.75, 3.05) is 6.54 Å². The molecule has 0 unspecified atom stereocenters. The smallest absolute Gasteiger partial charge is 0.304 e. The molecule has 0 aliphatic carbocycles. The SMILES string of the molecule is C[C@H](NCCC(=O)O)c1ccc(Cl)cc1Cl. The first-order valence-electron chi connectivity index (χ1n) is 4.91. The van der Waals surface area contributed by atoms with Gasteiger partial charge in [0.05, 0.1) is 6.42 Å². The van der Waals surface area contributed by atoms with Crippen LogP contribution in [0.2, 0.25) is 10.0 Å². The summed E-state index contributed by atoms with van der Waals surface area (Å²) in [5.74, 6) is -0.818. The Kier molecular flexibility index (Phi) is 5.06. The monoisotopic (exact) mass is 261 g/mol. The van der Waals surface area contributed by atoms with Crippen molar-refractivity contribution in [2.24, 2.45) is 0 Å². The lowest BCUT2D eigenvalue weighted by Gasteiger charge is -2.15. The van der Waals surface area contributed by atoms with Crippen molar-refractivity contribution >= 4 is 29.2 Å². The highest BCUT2D eigenvalue weighted by Gasteiger charge is 2.09. The van der Waals surface area contributed by atoms with E-state index in [1.165, 1.54) is 0 Å². The first kappa shape index (κ1) is 13.3. The summed E-state index contributed by atoms with van der Waals surface area (Å²) in [7, 11) is 0. The van der Waals surface area contributed by atoms with Crippen molar-refractivity contribution in [2.45, 2.75) is 19.4 Å². The van der Waals surface area contributed by atoms with E-state index in [4.69, 9.17) is 28.3 Å². The Morgan fingerprint density at radius 3 is 2.75 bits per heavy atom. The van der Waals surface area contributed by atoms with Crippen LogP contribution in [0.5, 0.6) is 0 Å². The van der Waals surface area contributed by atoms with Gasteiger partial charge in [-0.3, -0.25) is 4.79 Å². The van der Waals surface area contributed by atoms with Crippen molar-refractivity contribution in [3.8, 4) is 0 Å². The van der Waals surface area contributed by atoms with Crippen molar-refractivity contribution < 1.29 is 9.90 Å². The second kappa shape index (κ2) is 6.09. The number of hydrogen-bond donors (Lipinski definition) is 2. The van der Waals surface area contributed by atoms with Crippen LogP contribution in [0.3, 0.4) is 0 Å². The van der Waals surface area contributed by atoms with Gasteiger partial charge in [0.15, 0.2) is 0 Å². The minimum absolute atomic E-state index is 0.00381. The molecule has 1 aromatic rings. The molecule has 3 nitrogen and oxygen atoms in total. The number of hydrogen-bond acceptors (Lipinski definition) is 2. The standard InChI is InChI=1S/C11H13Cl2NO2/c1-7(14-5-4-11(15)16)9-3-2-8(12)6-10(9)13/h2-3,6-7,14H,4-5H2,1H3,(H,15,16)/t7-/m0/s1. The van der Waals surface area contributed by atoms with E-state index in [9.17, 15) is 4.79 Å². The van der Waals surface area contributed by atoms with E-state index in [0.717, 1.165) is 5.56 Å². The van der Waals surface area contributed by atoms with E-state index in [1.807, 2.05) is 13.0 Å². The van der Waals surface area contributed by atoms with Crippen LogP contribution in [-0.2, 0) is 4.79 Å². The van der Waals surface area contributed by atoms with E-state index in [1.54, 1.807) is 12.1 Å². The van der Waals surface area contributed by atoms with E-state index in [-0.39, 0.29) is 12.5 Å². The third kappa shape index (κ3) is 4.00. The molecule has 1 aromatic carbocycles. The summed E-state index contributed by atoms with van der Waals surface area (Å²) in [5, 5.41) is 12.8. The van der Waals surface area contributed by atoms with Crippen LogP contribution in [-0.4, -0.2) is 17.6 Å². The third-order valence-electron chi connectivity index (χ3n) is 2.22. The van der Waals surface area contributed by atoms with Gasteiger partial charge in [0.25, 0.3) is 0 Å². The fourth-order valence-electron chi connectivity index (χ4n) is 1.36. The molecule has 0 radical (unpaired) electrons. The summed E-state index contributed by atoms with van der Waals surface area (Å²) < 4.78 is 0. The maximum atomic E-state index is 10.3. The number of carbonyl (C=O) groups is 1. The molecule has 1 atom stereocenters. The minimum atomic E-state index is -0.818. The molecule has 0 aromatic heterocycles. The van der Waals surface area contributed by atoms with Gasteiger partial charge in [-0.15, -0.1) is 0 Å². The summed E-state index contributed by atoms with van der Waals surface area (Å²) in [5.41, 5.74) is 0.913. The Labute approximate surface area is 104 Å². The molecule has 0 fully saturated rings. The second-order valence-electron chi connectivity index (χ2n) is 3.49. The third-order valence-corrected chi connectivity index (χ3v) is 2.78. The van der Waals surface area contributed by atoms with Gasteiger partial charge in [-0.05, 0) is 24.6 Å². The number of aliphatic carboxylic acids is 1. The van der Waals surface area contributed by atoms with Gasteiger partial charge in [-0.25, -0.2) is 0 Å². The Morgan fingerprint density at radius 2 is 2.19 bits per heavy atom. The average molecular weight is 262 g/mol. The zero-order valence-electron chi connectivity index (χ0n) is 8.84. The predicted octanol–water partition coefficient (Wildman–Crippen LogP) is 3.12. The van der Waals surface area contributed by atoms with Crippen molar-refractivity contribution in [1.29, 1.82) is 0 Å². The van der Waals surface area contributed by atoms with Gasteiger partial charge in [-0.2, -0.15) is 0 Å². The number of halogens is 2. The molecule has 0 spiro atoms. The van der Waals surface area contributed by atoms with Gasteiger partial charge in [0.2, 0.25) is 0 Å². The topological polar surface area (TPSA) is 49.3 Å². The molecule has 16 heavy (non-hydrogen) atoms. The molecule has 2 N–H and O–H groups in total. The van der Waals surface area contributed by atoms with Gasteiger partial charge < -0.3 is 10.4 Å². The van der Waals surface area contributed by atoms with Gasteiger partial charge >= 0.3 is 5.97 Å². The van der Waals surface area contributed by atoms with Crippen molar-refractivity contribution in [3.63, 3.8) is 0 Å². The number of carboxylic acid groups (broad SMARTS) is 1. The highest BCUT2D eigenvalue weighted by Crippen LogP contribution is 2.25. The molecular formula is C11H13Cl2NO2. The quantitative estimate of drug-likeness (QED) is 0.857. The van der Waals surface area contributed by atoms with Gasteiger partial charge in [0.1, 0.15) is 0 Å². The Balaban J connectivity index is 2.58. The number of benzene rings is 1. The van der Waals surface area contributed by atoms with E-state index >= 15 is 0 Å². The van der Waals surface area contributed by atoms with E-state index in [0.29, 0.717) is 16.6 Å². The first-order valence-corrected chi connectivity index (χ1v) is 5.66. The van der Waals surface area contributed by atoms with Crippen LogP contribution < -0.4 is 5.32 Å². The molecule has 0 saturated heterocycles. The van der Waals surface area contributed by atoms with Crippen LogP contribution in [0.4, 0.5) is 0 Å². The Bertz CT molecular complexity index is 382. The fraction of sp³-hybridized carbons (Fsp3) is 0.364. The lowest BCUT2D eigenvalue weighted by atomic mass is 10.1. The lowest BCUT2D eigenvalue weighted by molar-refractivity contribution is -0.136. The average Bonchev–Trinajstić information content (AvgIpc) is 2.16. The highest BCUT2D eigenvalue weighted by atomic mass is 35.5. The second-order valence-corrected chi connectivity index (χ2v) is 4.33. The maximum absolute atomic E-state index is 10.3. The fourth-order valence-corrected chi connectivity index (χ4v) is 1.93. The predicted molar refractivity (Wildman–Crippen MR) is 65.1 cm³/mol. The minimum Gasteiger partial charge on any atom is -0.481 e. The van der Waals surface area contributed by atoms with E-state index < -0.39 is 5.97 Å². The molecular weight excluding hydrogens is 249 g/mol. The first-order chi connectivity index (χ1) is 7.50. The summed E-state index contributed by atoms with van der Waals surface area (Å²) in [6.07, 6.45) is 0.0928. The molecule has 0 amide bonds. The van der Waals surface area contributed by atoms with Crippen molar-refractivity contribution in [3.05, 3.63) is 33.8 Å². The van der Waals surface area contributed by atoms with Gasteiger partial charge in [-0.1, -0.05) is 29.3 Å². The van der Waals surface area contributed by atoms with Crippen LogP contribution in [0.25, 0.3) is 0 Å². The molecule has 0 aliphatic rings. The van der Waals surface area contributed by atoms with Crippen LogP contribution in [0, 0.1) is 0 Å². The summed E-state index contributed by atoms with van der Waals surface area (Å²) in [6, 6.07) is 5.28. The zero-order chi connectivity index (χ0) is 12.1. The van der Waals surface area contributed by atoms with Crippen LogP contribution >= 0.6 is 23.2 Å². The number of carboxylic acids is 1. The highest BCUT2D eigenvalue weighted by molar-refractivity contribution is 6.35. The molecule has 5 heteroatoms. The summed E-state index contributed by atoms with van der Waals surface area (Å²) >= 11 is 11.8. The molecule has 0 saturated carbocycles. The van der Waals surface area contributed by atoms with Crippen LogP contribution in [0.1, 0.15) is 24.9 Å². The van der Waals surface area contributed by atoms with Gasteiger partial charge in [0, 0.05) is 22.6 Å². The molecule has 1 rings (SSSR count). The summed E-state index contributed by atoms with van der Waals surface area (Å²) in [6.45, 7) is 2.34. The largest absolute Gasteiger partial charge is 0.481 e. The normalized spacial score (nSPS) is 12.4. The lowest BCUT2D eigenvalue weighted by Crippen LogP contribution is -2.22. The van der Waals surface area contributed by atoms with Crippen molar-refractivity contribution in [1.82, 2.24) is 5.32 Å². The molecule has 88 valence electrons. The number of rotatable bonds is 5. The van der Waals surface area contributed by atoms with E-state index in [2.05, 4.69) is 5.32 Å². The Morgan fingerprint density at radius 1 is 1.50 bits per heavy atom. The van der Waals surface area contributed by atoms with Crippen LogP contribution in [0.15, 0.2) is 18.2 Å².